The SMILES string of the molecule is CNC(=O)c1cc(S(=O)(=O)NCC(F)(F)CN)cn1C. The fraction of sp³-hybridized carbons (Fsp3) is 0.500. The van der Waals surface area contributed by atoms with Crippen molar-refractivity contribution < 1.29 is 22.0 Å². The number of alkyl halides is 2. The molecule has 0 atom stereocenters. The maximum atomic E-state index is 12.9. The van der Waals surface area contributed by atoms with Gasteiger partial charge in [-0.05, 0) is 6.07 Å². The summed E-state index contributed by atoms with van der Waals surface area (Å²) in [5.74, 6) is -3.81. The van der Waals surface area contributed by atoms with Gasteiger partial charge < -0.3 is 15.6 Å². The zero-order valence-electron chi connectivity index (χ0n) is 11.0. The topological polar surface area (TPSA) is 106 Å². The minimum Gasteiger partial charge on any atom is -0.354 e. The Labute approximate surface area is 115 Å². The van der Waals surface area contributed by atoms with Gasteiger partial charge in [-0.15, -0.1) is 0 Å². The number of amides is 1. The normalized spacial score (nSPS) is 12.4. The Morgan fingerprint density at radius 3 is 2.60 bits per heavy atom. The van der Waals surface area contributed by atoms with Gasteiger partial charge in [-0.25, -0.2) is 21.9 Å². The highest BCUT2D eigenvalue weighted by molar-refractivity contribution is 7.89. The zero-order chi connectivity index (χ0) is 15.6. The summed E-state index contributed by atoms with van der Waals surface area (Å²) in [4.78, 5) is 11.2. The van der Waals surface area contributed by atoms with Crippen molar-refractivity contribution in [3.8, 4) is 0 Å². The molecule has 0 aliphatic heterocycles. The summed E-state index contributed by atoms with van der Waals surface area (Å²) in [6, 6.07) is 1.10. The van der Waals surface area contributed by atoms with Gasteiger partial charge in [0.15, 0.2) is 0 Å². The highest BCUT2D eigenvalue weighted by atomic mass is 32.2. The summed E-state index contributed by atoms with van der Waals surface area (Å²) in [5, 5.41) is 2.34. The molecule has 1 rings (SSSR count). The van der Waals surface area contributed by atoms with Crippen LogP contribution in [0.3, 0.4) is 0 Å². The minimum atomic E-state index is -4.13. The molecule has 0 aliphatic rings. The fourth-order valence-electron chi connectivity index (χ4n) is 1.39. The zero-order valence-corrected chi connectivity index (χ0v) is 11.8. The quantitative estimate of drug-likeness (QED) is 0.643. The molecule has 1 amide bonds. The number of halogens is 2. The summed E-state index contributed by atoms with van der Waals surface area (Å²) in [6.45, 7) is -2.07. The highest BCUT2D eigenvalue weighted by Crippen LogP contribution is 2.15. The molecular weight excluding hydrogens is 294 g/mol. The van der Waals surface area contributed by atoms with Gasteiger partial charge in [0.25, 0.3) is 11.8 Å². The van der Waals surface area contributed by atoms with Crippen LogP contribution in [0.15, 0.2) is 17.2 Å². The van der Waals surface area contributed by atoms with Crippen LogP contribution in [0.25, 0.3) is 0 Å². The van der Waals surface area contributed by atoms with Crippen LogP contribution in [0.1, 0.15) is 10.5 Å². The van der Waals surface area contributed by atoms with Crippen molar-refractivity contribution in [2.75, 3.05) is 20.1 Å². The van der Waals surface area contributed by atoms with E-state index in [1.165, 1.54) is 18.7 Å². The van der Waals surface area contributed by atoms with E-state index < -0.39 is 34.9 Å². The molecule has 0 spiro atoms. The maximum Gasteiger partial charge on any atom is 0.273 e. The van der Waals surface area contributed by atoms with Crippen molar-refractivity contribution in [2.45, 2.75) is 10.8 Å². The molecule has 0 bridgehead atoms. The van der Waals surface area contributed by atoms with E-state index in [9.17, 15) is 22.0 Å². The van der Waals surface area contributed by atoms with E-state index in [-0.39, 0.29) is 10.6 Å². The van der Waals surface area contributed by atoms with Gasteiger partial charge in [-0.3, -0.25) is 4.79 Å². The summed E-state index contributed by atoms with van der Waals surface area (Å²) < 4.78 is 52.6. The number of hydrogen-bond donors (Lipinski definition) is 3. The molecule has 7 nitrogen and oxygen atoms in total. The Bertz CT molecular complexity index is 598. The van der Waals surface area contributed by atoms with Crippen LogP contribution in [0, 0.1) is 0 Å². The Hall–Kier alpha value is -1.52. The first-order chi connectivity index (χ1) is 9.13. The van der Waals surface area contributed by atoms with Crippen LogP contribution >= 0.6 is 0 Å². The van der Waals surface area contributed by atoms with Crippen molar-refractivity contribution in [3.05, 3.63) is 18.0 Å². The molecular formula is C10H16F2N4O3S. The van der Waals surface area contributed by atoms with Crippen LogP contribution in [-0.2, 0) is 17.1 Å². The number of carbonyl (C=O) groups excluding carboxylic acids is 1. The third kappa shape index (κ3) is 3.74. The molecule has 20 heavy (non-hydrogen) atoms. The standard InChI is InChI=1S/C10H16F2N4O3S/c1-14-9(17)8-3-7(4-16(8)2)20(18,19)15-6-10(11,12)5-13/h3-4,15H,5-6,13H2,1-2H3,(H,14,17). The average molecular weight is 310 g/mol. The van der Waals surface area contributed by atoms with Gasteiger partial charge in [0.05, 0.1) is 13.1 Å². The predicted molar refractivity (Wildman–Crippen MR) is 68.0 cm³/mol. The van der Waals surface area contributed by atoms with E-state index in [4.69, 9.17) is 5.73 Å². The molecule has 4 N–H and O–H groups in total. The molecule has 1 aromatic heterocycles. The second-order valence-corrected chi connectivity index (χ2v) is 5.90. The van der Waals surface area contributed by atoms with Gasteiger partial charge >= 0.3 is 0 Å². The predicted octanol–water partition coefficient (Wildman–Crippen LogP) is -0.743. The second kappa shape index (κ2) is 5.85. The average Bonchev–Trinajstić information content (AvgIpc) is 2.79. The monoisotopic (exact) mass is 310 g/mol. The smallest absolute Gasteiger partial charge is 0.273 e. The lowest BCUT2D eigenvalue weighted by molar-refractivity contribution is 0.0170. The van der Waals surface area contributed by atoms with Crippen LogP contribution in [0.5, 0.6) is 0 Å². The summed E-state index contributed by atoms with van der Waals surface area (Å²) >= 11 is 0. The van der Waals surface area contributed by atoms with Gasteiger partial charge in [0.2, 0.25) is 10.0 Å². The second-order valence-electron chi connectivity index (χ2n) is 4.14. The van der Waals surface area contributed by atoms with Crippen LogP contribution in [0.4, 0.5) is 8.78 Å². The van der Waals surface area contributed by atoms with Crippen LogP contribution < -0.4 is 15.8 Å². The Balaban J connectivity index is 2.97. The first kappa shape index (κ1) is 16.5. The fourth-order valence-corrected chi connectivity index (χ4v) is 2.52. The van der Waals surface area contributed by atoms with Gasteiger partial charge in [-0.2, -0.15) is 0 Å². The number of rotatable bonds is 6. The molecule has 0 unspecified atom stereocenters. The van der Waals surface area contributed by atoms with Crippen LogP contribution in [0.2, 0.25) is 0 Å². The van der Waals surface area contributed by atoms with Gasteiger partial charge in [0.1, 0.15) is 10.6 Å². The Kier molecular flexibility index (Phi) is 4.84. The largest absolute Gasteiger partial charge is 0.354 e. The van der Waals surface area contributed by atoms with E-state index in [2.05, 4.69) is 5.32 Å². The van der Waals surface area contributed by atoms with Crippen molar-refractivity contribution in [2.24, 2.45) is 12.8 Å². The van der Waals surface area contributed by atoms with E-state index in [1.807, 2.05) is 0 Å². The van der Waals surface area contributed by atoms with Crippen LogP contribution in [-0.4, -0.2) is 45.0 Å². The maximum absolute atomic E-state index is 12.9. The Morgan fingerprint density at radius 2 is 2.10 bits per heavy atom. The third-order valence-corrected chi connectivity index (χ3v) is 3.94. The van der Waals surface area contributed by atoms with E-state index in [0.717, 1.165) is 12.3 Å². The summed E-state index contributed by atoms with van der Waals surface area (Å²) in [6.07, 6.45) is 1.16. The van der Waals surface area contributed by atoms with Gasteiger partial charge in [0, 0.05) is 20.3 Å². The number of nitrogens with zero attached hydrogens (tertiary/aromatic N) is 1. The minimum absolute atomic E-state index is 0.0958. The lowest BCUT2D eigenvalue weighted by Crippen LogP contribution is -2.41. The summed E-state index contributed by atoms with van der Waals surface area (Å²) in [5.41, 5.74) is 4.91. The number of nitrogens with one attached hydrogen (secondary N) is 2. The number of aryl methyl sites for hydroxylation is 1. The van der Waals surface area contributed by atoms with E-state index in [1.54, 1.807) is 4.72 Å². The van der Waals surface area contributed by atoms with E-state index in [0.29, 0.717) is 0 Å². The third-order valence-electron chi connectivity index (χ3n) is 2.57. The molecule has 10 heteroatoms. The number of hydrogen-bond acceptors (Lipinski definition) is 4. The lowest BCUT2D eigenvalue weighted by Gasteiger charge is -2.14. The van der Waals surface area contributed by atoms with Crippen molar-refractivity contribution in [3.63, 3.8) is 0 Å². The molecule has 1 heterocycles. The number of carbonyl (C=O) groups is 1. The molecule has 0 aromatic carbocycles. The van der Waals surface area contributed by atoms with Crippen molar-refractivity contribution in [1.29, 1.82) is 0 Å². The van der Waals surface area contributed by atoms with E-state index >= 15 is 0 Å². The number of aromatic nitrogens is 1. The number of nitrogens with two attached hydrogens (primary N) is 1. The molecule has 1 aromatic rings. The van der Waals surface area contributed by atoms with Crippen molar-refractivity contribution >= 4 is 15.9 Å². The molecule has 0 saturated carbocycles. The summed E-state index contributed by atoms with van der Waals surface area (Å²) in [7, 11) is -1.27. The van der Waals surface area contributed by atoms with Crippen molar-refractivity contribution in [1.82, 2.24) is 14.6 Å². The molecule has 0 fully saturated rings. The Morgan fingerprint density at radius 1 is 1.50 bits per heavy atom. The molecule has 0 saturated heterocycles. The molecule has 114 valence electrons. The lowest BCUT2D eigenvalue weighted by atomic mass is 10.3. The first-order valence-electron chi connectivity index (χ1n) is 5.59. The number of sulfonamides is 1. The molecule has 0 radical (unpaired) electrons. The molecule has 0 aliphatic carbocycles. The first-order valence-corrected chi connectivity index (χ1v) is 7.07. The van der Waals surface area contributed by atoms with Gasteiger partial charge in [-0.1, -0.05) is 0 Å². The highest BCUT2D eigenvalue weighted by Gasteiger charge is 2.30.